The highest BCUT2D eigenvalue weighted by atomic mass is 79.9. The lowest BCUT2D eigenvalue weighted by Crippen LogP contribution is -2.11. The van der Waals surface area contributed by atoms with Crippen LogP contribution in [0.15, 0.2) is 69.8 Å². The minimum absolute atomic E-state index is 0.198. The monoisotopic (exact) mass is 495 g/mol. The SMILES string of the molecule is COc1ccc(-c2nn3cnnc3s2)cc1NC(=O)c1ccc(-c2ccc(Br)cc2)o1. The Kier molecular flexibility index (Phi) is 5.00. The predicted molar refractivity (Wildman–Crippen MR) is 120 cm³/mol. The number of hydrogen-bond donors (Lipinski definition) is 1. The number of hydrogen-bond acceptors (Lipinski definition) is 7. The van der Waals surface area contributed by atoms with Gasteiger partial charge in [0.2, 0.25) is 4.96 Å². The quantitative estimate of drug-likeness (QED) is 0.362. The van der Waals surface area contributed by atoms with Crippen molar-refractivity contribution >= 4 is 43.8 Å². The van der Waals surface area contributed by atoms with Gasteiger partial charge in [-0.25, -0.2) is 0 Å². The van der Waals surface area contributed by atoms with Gasteiger partial charge in [-0.05, 0) is 42.5 Å². The van der Waals surface area contributed by atoms with Crippen LogP contribution < -0.4 is 10.1 Å². The van der Waals surface area contributed by atoms with Gasteiger partial charge in [-0.3, -0.25) is 4.79 Å². The summed E-state index contributed by atoms with van der Waals surface area (Å²) in [4.78, 5) is 13.5. The van der Waals surface area contributed by atoms with Gasteiger partial charge in [0, 0.05) is 15.6 Å². The maximum absolute atomic E-state index is 12.8. The summed E-state index contributed by atoms with van der Waals surface area (Å²) >= 11 is 4.81. The van der Waals surface area contributed by atoms with Gasteiger partial charge in [0.15, 0.2) is 5.76 Å². The van der Waals surface area contributed by atoms with Crippen LogP contribution in [-0.2, 0) is 0 Å². The standard InChI is InChI=1S/C21H14BrN5O3S/c1-29-17-7-4-13(20-26-27-11-23-25-21(27)31-20)10-15(17)24-19(28)18-9-8-16(30-18)12-2-5-14(22)6-3-12/h2-11H,1H3,(H,24,28). The van der Waals surface area contributed by atoms with Crippen molar-refractivity contribution in [2.75, 3.05) is 12.4 Å². The Labute approximate surface area is 188 Å². The van der Waals surface area contributed by atoms with E-state index in [1.165, 1.54) is 11.3 Å². The minimum Gasteiger partial charge on any atom is -0.495 e. The number of rotatable bonds is 5. The molecule has 0 aliphatic rings. The first-order valence-corrected chi connectivity index (χ1v) is 10.7. The maximum Gasteiger partial charge on any atom is 0.291 e. The number of nitrogens with zero attached hydrogens (tertiary/aromatic N) is 4. The summed E-state index contributed by atoms with van der Waals surface area (Å²) in [6.07, 6.45) is 1.54. The van der Waals surface area contributed by atoms with Crippen LogP contribution in [0.5, 0.6) is 5.75 Å². The fourth-order valence-electron chi connectivity index (χ4n) is 3.03. The zero-order chi connectivity index (χ0) is 21.4. The maximum atomic E-state index is 12.8. The van der Waals surface area contributed by atoms with Gasteiger partial charge >= 0.3 is 0 Å². The Balaban J connectivity index is 1.41. The zero-order valence-corrected chi connectivity index (χ0v) is 18.5. The average molecular weight is 496 g/mol. The number of carbonyl (C=O) groups is 1. The van der Waals surface area contributed by atoms with Crippen molar-refractivity contribution in [2.45, 2.75) is 0 Å². The van der Waals surface area contributed by atoms with Crippen LogP contribution in [0.1, 0.15) is 10.6 Å². The molecular weight excluding hydrogens is 482 g/mol. The predicted octanol–water partition coefficient (Wildman–Crippen LogP) is 5.14. The molecule has 5 aromatic rings. The molecule has 0 atom stereocenters. The van der Waals surface area contributed by atoms with Gasteiger partial charge in [-0.2, -0.15) is 9.61 Å². The number of nitrogens with one attached hydrogen (secondary N) is 1. The molecule has 1 amide bonds. The van der Waals surface area contributed by atoms with E-state index in [1.807, 2.05) is 30.3 Å². The summed E-state index contributed by atoms with van der Waals surface area (Å²) in [5.41, 5.74) is 2.21. The number of ether oxygens (including phenoxy) is 1. The Morgan fingerprint density at radius 2 is 1.94 bits per heavy atom. The highest BCUT2D eigenvalue weighted by molar-refractivity contribution is 9.10. The van der Waals surface area contributed by atoms with Gasteiger partial charge in [-0.15, -0.1) is 10.2 Å². The van der Waals surface area contributed by atoms with Crippen molar-refractivity contribution in [2.24, 2.45) is 0 Å². The van der Waals surface area contributed by atoms with Gasteiger partial charge in [0.1, 0.15) is 22.8 Å². The van der Waals surface area contributed by atoms with Crippen LogP contribution in [0.4, 0.5) is 5.69 Å². The van der Waals surface area contributed by atoms with Gasteiger partial charge in [-0.1, -0.05) is 39.4 Å². The van der Waals surface area contributed by atoms with Crippen LogP contribution in [0.3, 0.4) is 0 Å². The summed E-state index contributed by atoms with van der Waals surface area (Å²) in [5.74, 6) is 0.957. The number of carbonyl (C=O) groups excluding carboxylic acids is 1. The Morgan fingerprint density at radius 1 is 1.13 bits per heavy atom. The van der Waals surface area contributed by atoms with E-state index in [2.05, 4.69) is 36.5 Å². The molecule has 1 N–H and O–H groups in total. The second kappa shape index (κ2) is 7.97. The molecule has 0 saturated carbocycles. The Bertz CT molecular complexity index is 1360. The van der Waals surface area contributed by atoms with Crippen molar-refractivity contribution in [3.8, 4) is 27.6 Å². The molecule has 2 aromatic carbocycles. The molecule has 31 heavy (non-hydrogen) atoms. The number of furan rings is 1. The summed E-state index contributed by atoms with van der Waals surface area (Å²) in [6.45, 7) is 0. The lowest BCUT2D eigenvalue weighted by molar-refractivity contribution is 0.0997. The van der Waals surface area contributed by atoms with Crippen molar-refractivity contribution in [1.82, 2.24) is 19.8 Å². The first kappa shape index (κ1) is 19.5. The summed E-state index contributed by atoms with van der Waals surface area (Å²) in [6, 6.07) is 16.5. The third-order valence-electron chi connectivity index (χ3n) is 4.54. The number of halogens is 1. The third kappa shape index (κ3) is 3.82. The van der Waals surface area contributed by atoms with Gasteiger partial charge in [0.05, 0.1) is 12.8 Å². The molecule has 3 heterocycles. The number of fused-ring (bicyclic) bond motifs is 1. The first-order chi connectivity index (χ1) is 15.1. The zero-order valence-electron chi connectivity index (χ0n) is 16.1. The Morgan fingerprint density at radius 3 is 2.71 bits per heavy atom. The van der Waals surface area contributed by atoms with Crippen LogP contribution in [0, 0.1) is 0 Å². The molecule has 0 radical (unpaired) electrons. The highest BCUT2D eigenvalue weighted by Gasteiger charge is 2.17. The molecule has 0 aliphatic carbocycles. The molecule has 3 aromatic heterocycles. The molecule has 0 unspecified atom stereocenters. The fourth-order valence-corrected chi connectivity index (χ4v) is 4.11. The number of aromatic nitrogens is 4. The van der Waals surface area contributed by atoms with Gasteiger partial charge < -0.3 is 14.5 Å². The molecule has 0 saturated heterocycles. The van der Waals surface area contributed by atoms with E-state index < -0.39 is 0 Å². The molecule has 0 aliphatic heterocycles. The minimum atomic E-state index is -0.378. The van der Waals surface area contributed by atoms with E-state index in [0.717, 1.165) is 20.6 Å². The smallest absolute Gasteiger partial charge is 0.291 e. The summed E-state index contributed by atoms with van der Waals surface area (Å²) in [7, 11) is 1.55. The van der Waals surface area contributed by atoms with E-state index >= 15 is 0 Å². The van der Waals surface area contributed by atoms with Crippen LogP contribution in [-0.4, -0.2) is 32.8 Å². The molecule has 10 heteroatoms. The van der Waals surface area contributed by atoms with Crippen molar-refractivity contribution in [3.05, 3.63) is 71.2 Å². The largest absolute Gasteiger partial charge is 0.495 e. The lowest BCUT2D eigenvalue weighted by atomic mass is 10.2. The topological polar surface area (TPSA) is 94.5 Å². The highest BCUT2D eigenvalue weighted by Crippen LogP contribution is 2.33. The number of benzene rings is 2. The fraction of sp³-hybridized carbons (Fsp3) is 0.0476. The van der Waals surface area contributed by atoms with E-state index in [9.17, 15) is 4.79 Å². The molecule has 8 nitrogen and oxygen atoms in total. The second-order valence-electron chi connectivity index (χ2n) is 6.51. The van der Waals surface area contributed by atoms with Crippen LogP contribution >= 0.6 is 27.3 Å². The third-order valence-corrected chi connectivity index (χ3v) is 6.03. The number of anilines is 1. The lowest BCUT2D eigenvalue weighted by Gasteiger charge is -2.10. The van der Waals surface area contributed by atoms with E-state index in [0.29, 0.717) is 22.2 Å². The average Bonchev–Trinajstić information content (AvgIpc) is 3.50. The second-order valence-corrected chi connectivity index (χ2v) is 8.38. The van der Waals surface area contributed by atoms with Crippen LogP contribution in [0.2, 0.25) is 0 Å². The molecular formula is C21H14BrN5O3S. The van der Waals surface area contributed by atoms with Crippen molar-refractivity contribution in [3.63, 3.8) is 0 Å². The normalized spacial score (nSPS) is 11.0. The van der Waals surface area contributed by atoms with Crippen molar-refractivity contribution in [1.29, 1.82) is 0 Å². The molecule has 154 valence electrons. The van der Waals surface area contributed by atoms with Gasteiger partial charge in [0.25, 0.3) is 5.91 Å². The van der Waals surface area contributed by atoms with E-state index in [1.54, 1.807) is 42.2 Å². The summed E-state index contributed by atoms with van der Waals surface area (Å²) < 4.78 is 13.7. The van der Waals surface area contributed by atoms with Crippen molar-refractivity contribution < 1.29 is 13.9 Å². The summed E-state index contributed by atoms with van der Waals surface area (Å²) in [5, 5.41) is 15.9. The molecule has 0 bridgehead atoms. The Hall–Kier alpha value is -3.50. The van der Waals surface area contributed by atoms with E-state index in [4.69, 9.17) is 9.15 Å². The molecule has 5 rings (SSSR count). The van der Waals surface area contributed by atoms with Crippen LogP contribution in [0.25, 0.3) is 26.9 Å². The number of amides is 1. The van der Waals surface area contributed by atoms with E-state index in [-0.39, 0.29) is 11.7 Å². The first-order valence-electron chi connectivity index (χ1n) is 9.13. The molecule has 0 spiro atoms. The number of methoxy groups -OCH3 is 1. The molecule has 0 fully saturated rings.